The molecule has 0 saturated carbocycles. The van der Waals surface area contributed by atoms with E-state index in [1.165, 1.54) is 18.3 Å². The number of sulfonamides is 1. The van der Waals surface area contributed by atoms with Gasteiger partial charge in [-0.05, 0) is 63.4 Å². The lowest BCUT2D eigenvalue weighted by molar-refractivity contribution is 0.0981. The van der Waals surface area contributed by atoms with Gasteiger partial charge in [-0.15, -0.1) is 0 Å². The fourth-order valence-electron chi connectivity index (χ4n) is 4.66. The summed E-state index contributed by atoms with van der Waals surface area (Å²) >= 11 is 0. The topological polar surface area (TPSA) is 161 Å². The molecule has 11 nitrogen and oxygen atoms in total. The second kappa shape index (κ2) is 10.5. The van der Waals surface area contributed by atoms with Crippen LogP contribution in [0.25, 0.3) is 11.3 Å². The van der Waals surface area contributed by atoms with Crippen molar-refractivity contribution in [2.75, 3.05) is 23.8 Å². The molecule has 2 atom stereocenters. The van der Waals surface area contributed by atoms with Gasteiger partial charge < -0.3 is 20.5 Å². The van der Waals surface area contributed by atoms with Crippen molar-refractivity contribution >= 4 is 27.6 Å². The van der Waals surface area contributed by atoms with E-state index in [9.17, 15) is 18.3 Å². The largest absolute Gasteiger partial charge is 0.472 e. The average molecular weight is 541 g/mol. The number of carbonyl (C=O) groups is 1. The molecular formula is C26H32N6O5S. The first-order valence-electron chi connectivity index (χ1n) is 12.2. The molecule has 0 spiro atoms. The summed E-state index contributed by atoms with van der Waals surface area (Å²) in [4.78, 5) is 28.0. The van der Waals surface area contributed by atoms with Crippen LogP contribution in [0.2, 0.25) is 0 Å². The summed E-state index contributed by atoms with van der Waals surface area (Å²) in [6, 6.07) is 9.38. The van der Waals surface area contributed by atoms with Gasteiger partial charge in [0.1, 0.15) is 22.6 Å². The first kappa shape index (κ1) is 27.3. The first-order valence-corrected chi connectivity index (χ1v) is 13.7. The van der Waals surface area contributed by atoms with Crippen molar-refractivity contribution in [3.8, 4) is 17.1 Å². The molecule has 4 rings (SSSR count). The maximum atomic E-state index is 13.4. The van der Waals surface area contributed by atoms with Crippen LogP contribution < -0.4 is 20.1 Å². The van der Waals surface area contributed by atoms with Gasteiger partial charge in [0, 0.05) is 36.1 Å². The third-order valence-electron chi connectivity index (χ3n) is 6.38. The van der Waals surface area contributed by atoms with Crippen molar-refractivity contribution in [1.82, 2.24) is 19.7 Å². The second-order valence-corrected chi connectivity index (χ2v) is 11.8. The maximum absolute atomic E-state index is 13.4. The van der Waals surface area contributed by atoms with Crippen molar-refractivity contribution in [2.45, 2.75) is 50.7 Å². The Bertz CT molecular complexity index is 1430. The van der Waals surface area contributed by atoms with E-state index in [0.29, 0.717) is 35.4 Å². The highest BCUT2D eigenvalue weighted by Gasteiger charge is 2.39. The number of ether oxygens (including phenoxy) is 1. The van der Waals surface area contributed by atoms with Crippen molar-refractivity contribution in [3.63, 3.8) is 0 Å². The second-order valence-electron chi connectivity index (χ2n) is 10.1. The van der Waals surface area contributed by atoms with Gasteiger partial charge in [0.05, 0.1) is 17.9 Å². The highest BCUT2D eigenvalue weighted by molar-refractivity contribution is 7.90. The number of rotatable bonds is 8. The standard InChI is InChI=1S/C26H32N6O5S/c1-16-12-26(3,4)32(14-16)24-19(25(34)31-38(35,36)21-6-5-11-28-23(21)27)8-9-20(30-24)18-7-10-22(29-13-18)37-17(2)15-33/h5-11,13,16-17,33H,12,14-15H2,1-4H3,(H2,27,28)(H,31,34)/t16-,17-/m0/s1. The summed E-state index contributed by atoms with van der Waals surface area (Å²) in [6.45, 7) is 8.50. The van der Waals surface area contributed by atoms with Crippen LogP contribution in [0.1, 0.15) is 44.5 Å². The van der Waals surface area contributed by atoms with Gasteiger partial charge in [0.2, 0.25) is 5.88 Å². The molecule has 1 amide bonds. The number of pyridine rings is 3. The summed E-state index contributed by atoms with van der Waals surface area (Å²) in [7, 11) is -4.27. The SMILES string of the molecule is C[C@@H]1CN(c2nc(-c3ccc(O[C@@H](C)CO)nc3)ccc2C(=O)NS(=O)(=O)c2cccnc2N)C(C)(C)C1. The smallest absolute Gasteiger partial charge is 0.268 e. The first-order chi connectivity index (χ1) is 17.9. The summed E-state index contributed by atoms with van der Waals surface area (Å²) in [5.41, 5.74) is 6.78. The molecule has 0 bridgehead atoms. The van der Waals surface area contributed by atoms with E-state index in [1.54, 1.807) is 37.4 Å². The van der Waals surface area contributed by atoms with Crippen LogP contribution in [0.15, 0.2) is 53.7 Å². The Balaban J connectivity index is 1.72. The molecule has 1 saturated heterocycles. The molecule has 1 aliphatic heterocycles. The third-order valence-corrected chi connectivity index (χ3v) is 7.75. The fraction of sp³-hybridized carbons (Fsp3) is 0.385. The van der Waals surface area contributed by atoms with Gasteiger partial charge in [0.25, 0.3) is 15.9 Å². The Hall–Kier alpha value is -3.77. The quantitative estimate of drug-likeness (QED) is 0.387. The molecule has 3 aromatic rings. The molecule has 1 fully saturated rings. The summed E-state index contributed by atoms with van der Waals surface area (Å²) in [5.74, 6) is 0.0533. The number of aliphatic hydroxyl groups excluding tert-OH is 1. The fourth-order valence-corrected chi connectivity index (χ4v) is 5.71. The molecule has 0 aliphatic carbocycles. The molecule has 0 radical (unpaired) electrons. The lowest BCUT2D eigenvalue weighted by atomic mass is 9.97. The Labute approximate surface area is 222 Å². The van der Waals surface area contributed by atoms with Gasteiger partial charge in [-0.25, -0.2) is 28.1 Å². The van der Waals surface area contributed by atoms with Crippen LogP contribution in [-0.4, -0.2) is 59.2 Å². The van der Waals surface area contributed by atoms with Gasteiger partial charge in [-0.1, -0.05) is 6.92 Å². The zero-order chi connectivity index (χ0) is 27.7. The Morgan fingerprint density at radius 2 is 2.03 bits per heavy atom. The number of nitrogen functional groups attached to an aromatic ring is 1. The molecular weight excluding hydrogens is 508 g/mol. The van der Waals surface area contributed by atoms with E-state index in [-0.39, 0.29) is 28.4 Å². The van der Waals surface area contributed by atoms with Crippen LogP contribution in [0, 0.1) is 5.92 Å². The molecule has 0 aromatic carbocycles. The summed E-state index contributed by atoms with van der Waals surface area (Å²) in [6.07, 6.45) is 3.45. The minimum absolute atomic E-state index is 0.117. The number of aliphatic hydroxyl groups is 1. The monoisotopic (exact) mass is 540 g/mol. The maximum Gasteiger partial charge on any atom is 0.268 e. The van der Waals surface area contributed by atoms with Crippen LogP contribution >= 0.6 is 0 Å². The average Bonchev–Trinajstić information content (AvgIpc) is 3.15. The number of amides is 1. The van der Waals surface area contributed by atoms with Gasteiger partial charge in [-0.3, -0.25) is 4.79 Å². The van der Waals surface area contributed by atoms with Crippen LogP contribution in [0.4, 0.5) is 11.6 Å². The predicted octanol–water partition coefficient (Wildman–Crippen LogP) is 2.62. The molecule has 1 aliphatic rings. The molecule has 3 aromatic heterocycles. The van der Waals surface area contributed by atoms with Crippen molar-refractivity contribution in [3.05, 3.63) is 54.4 Å². The van der Waals surface area contributed by atoms with E-state index in [0.717, 1.165) is 6.42 Å². The van der Waals surface area contributed by atoms with Gasteiger partial charge >= 0.3 is 0 Å². The zero-order valence-electron chi connectivity index (χ0n) is 21.7. The van der Waals surface area contributed by atoms with E-state index in [2.05, 4.69) is 35.5 Å². The third kappa shape index (κ3) is 5.70. The molecule has 12 heteroatoms. The number of aromatic nitrogens is 3. The number of carbonyl (C=O) groups excluding carboxylic acids is 1. The summed E-state index contributed by atoms with van der Waals surface area (Å²) < 4.78 is 33.5. The van der Waals surface area contributed by atoms with E-state index in [1.807, 2.05) is 4.90 Å². The van der Waals surface area contributed by atoms with Crippen molar-refractivity contribution in [2.24, 2.45) is 5.92 Å². The number of nitrogens with zero attached hydrogens (tertiary/aromatic N) is 4. The molecule has 4 heterocycles. The highest BCUT2D eigenvalue weighted by atomic mass is 32.2. The molecule has 38 heavy (non-hydrogen) atoms. The van der Waals surface area contributed by atoms with Crippen molar-refractivity contribution in [1.29, 1.82) is 0 Å². The minimum Gasteiger partial charge on any atom is -0.472 e. The Morgan fingerprint density at radius 3 is 2.63 bits per heavy atom. The minimum atomic E-state index is -4.27. The number of nitrogens with two attached hydrogens (primary N) is 1. The van der Waals surface area contributed by atoms with Gasteiger partial charge in [0.15, 0.2) is 0 Å². The van der Waals surface area contributed by atoms with Gasteiger partial charge in [-0.2, -0.15) is 0 Å². The number of nitrogens with one attached hydrogen (secondary N) is 1. The molecule has 202 valence electrons. The lowest BCUT2D eigenvalue weighted by Crippen LogP contribution is -2.41. The van der Waals surface area contributed by atoms with E-state index in [4.69, 9.17) is 15.5 Å². The normalized spacial score (nSPS) is 17.7. The van der Waals surface area contributed by atoms with E-state index < -0.39 is 22.0 Å². The Morgan fingerprint density at radius 1 is 1.26 bits per heavy atom. The number of anilines is 2. The van der Waals surface area contributed by atoms with Crippen LogP contribution in [0.3, 0.4) is 0 Å². The Kier molecular flexibility index (Phi) is 7.56. The highest BCUT2D eigenvalue weighted by Crippen LogP contribution is 2.38. The molecule has 4 N–H and O–H groups in total. The van der Waals surface area contributed by atoms with Crippen LogP contribution in [0.5, 0.6) is 5.88 Å². The number of hydrogen-bond donors (Lipinski definition) is 3. The molecule has 0 unspecified atom stereocenters. The number of hydrogen-bond acceptors (Lipinski definition) is 10. The summed E-state index contributed by atoms with van der Waals surface area (Å²) in [5, 5.41) is 9.20. The zero-order valence-corrected chi connectivity index (χ0v) is 22.6. The van der Waals surface area contributed by atoms with Crippen LogP contribution in [-0.2, 0) is 10.0 Å². The lowest BCUT2D eigenvalue weighted by Gasteiger charge is -2.34. The van der Waals surface area contributed by atoms with Crippen molar-refractivity contribution < 1.29 is 23.1 Å². The predicted molar refractivity (Wildman–Crippen MR) is 143 cm³/mol. The van der Waals surface area contributed by atoms with E-state index >= 15 is 0 Å².